The SMILES string of the molecule is [C-]#[N+]c1nc2c3cc4sc5ccccc5c4cc3c3cc4c(cc3c2nc1C#N)sc1ccccc14. The number of hydrogen-bond donors (Lipinski definition) is 0. The zero-order valence-corrected chi connectivity index (χ0v) is 20.2. The summed E-state index contributed by atoms with van der Waals surface area (Å²) in [5.74, 6) is 0.0463. The van der Waals surface area contributed by atoms with Crippen molar-refractivity contribution >= 4 is 101 Å². The Morgan fingerprint density at radius 3 is 1.67 bits per heavy atom. The molecule has 0 radical (unpaired) electrons. The summed E-state index contributed by atoms with van der Waals surface area (Å²) in [6, 6.07) is 27.9. The molecule has 164 valence electrons. The Bertz CT molecular complexity index is 2180. The molecule has 0 saturated heterocycles. The zero-order chi connectivity index (χ0) is 24.0. The number of benzene rings is 5. The lowest BCUT2D eigenvalue weighted by atomic mass is 9.96. The van der Waals surface area contributed by atoms with E-state index in [0.717, 1.165) is 21.5 Å². The minimum Gasteiger partial charge on any atom is -0.358 e. The summed E-state index contributed by atoms with van der Waals surface area (Å²) in [7, 11) is 0. The van der Waals surface area contributed by atoms with Crippen LogP contribution in [0.4, 0.5) is 5.82 Å². The molecule has 0 aliphatic carbocycles. The smallest absolute Gasteiger partial charge is 0.307 e. The number of nitriles is 1. The lowest BCUT2D eigenvalue weighted by Gasteiger charge is -2.09. The Kier molecular flexibility index (Phi) is 3.80. The summed E-state index contributed by atoms with van der Waals surface area (Å²) in [6.45, 7) is 7.58. The van der Waals surface area contributed by atoms with E-state index in [1.54, 1.807) is 22.7 Å². The number of thiophene rings is 2. The molecular formula is C30H12N4S2. The molecule has 0 N–H and O–H groups in total. The van der Waals surface area contributed by atoms with Crippen LogP contribution in [0.25, 0.3) is 77.8 Å². The van der Waals surface area contributed by atoms with Crippen LogP contribution in [-0.2, 0) is 0 Å². The van der Waals surface area contributed by atoms with Gasteiger partial charge in [0.05, 0.1) is 0 Å². The van der Waals surface area contributed by atoms with Gasteiger partial charge in [0, 0.05) is 51.1 Å². The van der Waals surface area contributed by atoms with Crippen molar-refractivity contribution in [3.8, 4) is 6.07 Å². The Balaban J connectivity index is 1.68. The van der Waals surface area contributed by atoms with Crippen molar-refractivity contribution in [2.45, 2.75) is 0 Å². The van der Waals surface area contributed by atoms with E-state index in [1.165, 1.54) is 40.3 Å². The van der Waals surface area contributed by atoms with Gasteiger partial charge in [0.1, 0.15) is 11.6 Å². The van der Waals surface area contributed by atoms with Crippen molar-refractivity contribution < 1.29 is 0 Å². The molecule has 6 heteroatoms. The lowest BCUT2D eigenvalue weighted by Crippen LogP contribution is -1.93. The number of fused-ring (bicyclic) bond motifs is 12. The van der Waals surface area contributed by atoms with Gasteiger partial charge in [-0.15, -0.1) is 27.7 Å². The molecule has 0 amide bonds. The summed E-state index contributed by atoms with van der Waals surface area (Å²) in [4.78, 5) is 12.9. The molecule has 0 saturated carbocycles. The molecule has 0 aliphatic rings. The highest BCUT2D eigenvalue weighted by Crippen LogP contribution is 2.44. The van der Waals surface area contributed by atoms with Crippen molar-refractivity contribution in [3.63, 3.8) is 0 Å². The first-order valence-electron chi connectivity index (χ1n) is 11.3. The first kappa shape index (κ1) is 19.7. The quantitative estimate of drug-likeness (QED) is 0.157. The Hall–Kier alpha value is -4.62. The first-order valence-corrected chi connectivity index (χ1v) is 13.0. The zero-order valence-electron chi connectivity index (χ0n) is 18.5. The van der Waals surface area contributed by atoms with Gasteiger partial charge in [0.15, 0.2) is 11.2 Å². The lowest BCUT2D eigenvalue weighted by molar-refractivity contribution is 1.27. The van der Waals surface area contributed by atoms with Crippen molar-refractivity contribution in [1.29, 1.82) is 5.26 Å². The van der Waals surface area contributed by atoms with Gasteiger partial charge in [0.25, 0.3) is 0 Å². The molecule has 0 unspecified atom stereocenters. The third-order valence-electron chi connectivity index (χ3n) is 6.92. The van der Waals surface area contributed by atoms with Gasteiger partial charge in [-0.25, -0.2) is 4.98 Å². The maximum Gasteiger partial charge on any atom is 0.307 e. The standard InChI is InChI=1S/C30H12N4S2/c1-32-30-23(14-31)33-28-21-12-26-19(15-6-2-4-8-24(15)35-26)10-17(21)18-11-20-16-7-3-5-9-25(16)36-27(20)13-22(18)29(28)34-30/h2-13H. The normalized spacial score (nSPS) is 11.8. The van der Waals surface area contributed by atoms with E-state index in [-0.39, 0.29) is 11.5 Å². The number of rotatable bonds is 0. The van der Waals surface area contributed by atoms with Crippen LogP contribution in [0.2, 0.25) is 0 Å². The largest absolute Gasteiger partial charge is 0.358 e. The molecule has 3 aromatic heterocycles. The summed E-state index contributed by atoms with van der Waals surface area (Å²) in [6.07, 6.45) is 0. The van der Waals surface area contributed by atoms with Crippen LogP contribution >= 0.6 is 22.7 Å². The second-order valence-electron chi connectivity index (χ2n) is 8.80. The molecule has 0 atom stereocenters. The summed E-state index contributed by atoms with van der Waals surface area (Å²) >= 11 is 3.51. The minimum atomic E-state index is 0.0463. The maximum atomic E-state index is 9.69. The first-order chi connectivity index (χ1) is 17.7. The number of nitrogens with zero attached hydrogens (tertiary/aromatic N) is 4. The molecule has 0 fully saturated rings. The predicted octanol–water partition coefficient (Wildman–Crippen LogP) is 9.09. The fourth-order valence-electron chi connectivity index (χ4n) is 5.34. The topological polar surface area (TPSA) is 53.9 Å². The van der Waals surface area contributed by atoms with Gasteiger partial charge in [-0.05, 0) is 47.2 Å². The Labute approximate surface area is 212 Å². The molecule has 36 heavy (non-hydrogen) atoms. The monoisotopic (exact) mass is 492 g/mol. The molecule has 4 nitrogen and oxygen atoms in total. The summed E-state index contributed by atoms with van der Waals surface area (Å²) in [5, 5.41) is 18.7. The van der Waals surface area contributed by atoms with Crippen molar-refractivity contribution in [2.24, 2.45) is 0 Å². The van der Waals surface area contributed by atoms with Gasteiger partial charge in [-0.3, -0.25) is 0 Å². The molecular weight excluding hydrogens is 480 g/mol. The van der Waals surface area contributed by atoms with Gasteiger partial charge in [0.2, 0.25) is 0 Å². The molecule has 5 aromatic carbocycles. The van der Waals surface area contributed by atoms with Crippen LogP contribution in [0, 0.1) is 17.9 Å². The Morgan fingerprint density at radius 2 is 1.14 bits per heavy atom. The summed E-state index contributed by atoms with van der Waals surface area (Å²) < 4.78 is 4.81. The number of hydrogen-bond acceptors (Lipinski definition) is 5. The van der Waals surface area contributed by atoms with Crippen molar-refractivity contribution in [3.05, 3.63) is 89.9 Å². The van der Waals surface area contributed by atoms with Gasteiger partial charge in [-0.2, -0.15) is 5.26 Å². The predicted molar refractivity (Wildman–Crippen MR) is 151 cm³/mol. The molecule has 8 rings (SSSR count). The molecule has 0 aliphatic heterocycles. The molecule has 0 spiro atoms. The Morgan fingerprint density at radius 1 is 0.611 bits per heavy atom. The highest BCUT2D eigenvalue weighted by molar-refractivity contribution is 7.26. The van der Waals surface area contributed by atoms with E-state index in [9.17, 15) is 5.26 Å². The van der Waals surface area contributed by atoms with Gasteiger partial charge < -0.3 is 4.85 Å². The van der Waals surface area contributed by atoms with E-state index in [1.807, 2.05) is 0 Å². The van der Waals surface area contributed by atoms with Crippen LogP contribution in [0.15, 0.2) is 72.8 Å². The molecule has 0 bridgehead atoms. The van der Waals surface area contributed by atoms with E-state index < -0.39 is 0 Å². The second kappa shape index (κ2) is 6.96. The third kappa shape index (κ3) is 2.50. The average molecular weight is 493 g/mol. The van der Waals surface area contributed by atoms with Crippen LogP contribution in [0.3, 0.4) is 0 Å². The van der Waals surface area contributed by atoms with Crippen LogP contribution < -0.4 is 0 Å². The third-order valence-corrected chi connectivity index (χ3v) is 9.19. The van der Waals surface area contributed by atoms with Crippen molar-refractivity contribution in [2.75, 3.05) is 0 Å². The van der Waals surface area contributed by atoms with Crippen molar-refractivity contribution in [1.82, 2.24) is 9.97 Å². The van der Waals surface area contributed by atoms with E-state index in [0.29, 0.717) is 11.0 Å². The van der Waals surface area contributed by atoms with E-state index >= 15 is 0 Å². The second-order valence-corrected chi connectivity index (χ2v) is 11.0. The van der Waals surface area contributed by atoms with Crippen LogP contribution in [0.5, 0.6) is 0 Å². The highest BCUT2D eigenvalue weighted by atomic mass is 32.1. The highest BCUT2D eigenvalue weighted by Gasteiger charge is 2.20. The molecule has 8 aromatic rings. The van der Waals surface area contributed by atoms with Gasteiger partial charge >= 0.3 is 5.82 Å². The van der Waals surface area contributed by atoms with Gasteiger partial charge in [-0.1, -0.05) is 43.0 Å². The van der Waals surface area contributed by atoms with E-state index in [2.05, 4.69) is 83.7 Å². The molecule has 3 heterocycles. The van der Waals surface area contributed by atoms with Crippen LogP contribution in [0.1, 0.15) is 5.69 Å². The summed E-state index contributed by atoms with van der Waals surface area (Å²) in [5.41, 5.74) is 1.40. The fourth-order valence-corrected chi connectivity index (χ4v) is 7.59. The average Bonchev–Trinajstić information content (AvgIpc) is 3.47. The minimum absolute atomic E-state index is 0.0463. The number of aromatic nitrogens is 2. The van der Waals surface area contributed by atoms with Crippen LogP contribution in [-0.4, -0.2) is 9.97 Å². The maximum absolute atomic E-state index is 9.69. The van der Waals surface area contributed by atoms with E-state index in [4.69, 9.17) is 16.5 Å². The fraction of sp³-hybridized carbons (Fsp3) is 0.